The Hall–Kier alpha value is -2.02. The maximum absolute atomic E-state index is 11.7. The van der Waals surface area contributed by atoms with Crippen molar-refractivity contribution < 1.29 is 9.21 Å². The number of nitrogens with zero attached hydrogens (tertiary/aromatic N) is 4. The lowest BCUT2D eigenvalue weighted by Gasteiger charge is -2.36. The molecule has 1 fully saturated rings. The first kappa shape index (κ1) is 17.3. The van der Waals surface area contributed by atoms with E-state index in [1.807, 2.05) is 6.07 Å². The standard InChI is InChI=1S/C16H27N5O2/c1-17-16(18-12-14-5-11-23-13-14)21-9-7-20(8-10-21)6-4-15(22)19(2)3/h5,11,13H,4,6-10,12H2,1-3H3,(H,17,18). The van der Waals surface area contributed by atoms with Gasteiger partial charge in [-0.3, -0.25) is 14.7 Å². The second kappa shape index (κ2) is 8.57. The number of carbonyl (C=O) groups excluding carboxylic acids is 1. The predicted octanol–water partition coefficient (Wildman–Crippen LogP) is 0.451. The summed E-state index contributed by atoms with van der Waals surface area (Å²) in [5, 5.41) is 3.36. The first-order valence-corrected chi connectivity index (χ1v) is 7.99. The van der Waals surface area contributed by atoms with Gasteiger partial charge in [0, 0.05) is 72.4 Å². The molecule has 0 aliphatic carbocycles. The molecule has 23 heavy (non-hydrogen) atoms. The van der Waals surface area contributed by atoms with E-state index in [1.165, 1.54) is 0 Å². The highest BCUT2D eigenvalue weighted by Crippen LogP contribution is 2.05. The van der Waals surface area contributed by atoms with Crippen LogP contribution in [-0.2, 0) is 11.3 Å². The van der Waals surface area contributed by atoms with Gasteiger partial charge in [-0.2, -0.15) is 0 Å². The van der Waals surface area contributed by atoms with E-state index >= 15 is 0 Å². The molecule has 0 saturated carbocycles. The van der Waals surface area contributed by atoms with Gasteiger partial charge in [0.2, 0.25) is 5.91 Å². The van der Waals surface area contributed by atoms with Crippen LogP contribution in [0.15, 0.2) is 28.0 Å². The van der Waals surface area contributed by atoms with Crippen molar-refractivity contribution in [2.75, 3.05) is 53.9 Å². The van der Waals surface area contributed by atoms with Crippen molar-refractivity contribution in [3.63, 3.8) is 0 Å². The van der Waals surface area contributed by atoms with Gasteiger partial charge in [0.1, 0.15) is 0 Å². The van der Waals surface area contributed by atoms with Crippen LogP contribution in [0, 0.1) is 0 Å². The topological polar surface area (TPSA) is 64.3 Å². The normalized spacial score (nSPS) is 16.5. The zero-order valence-electron chi connectivity index (χ0n) is 14.3. The van der Waals surface area contributed by atoms with Crippen molar-refractivity contribution in [3.05, 3.63) is 24.2 Å². The molecule has 1 amide bonds. The van der Waals surface area contributed by atoms with Gasteiger partial charge in [0.25, 0.3) is 0 Å². The van der Waals surface area contributed by atoms with Crippen molar-refractivity contribution >= 4 is 11.9 Å². The Kier molecular flexibility index (Phi) is 6.46. The van der Waals surface area contributed by atoms with Gasteiger partial charge in [-0.15, -0.1) is 0 Å². The van der Waals surface area contributed by atoms with Crippen molar-refractivity contribution in [2.24, 2.45) is 4.99 Å². The van der Waals surface area contributed by atoms with Crippen molar-refractivity contribution in [1.29, 1.82) is 0 Å². The zero-order chi connectivity index (χ0) is 16.7. The van der Waals surface area contributed by atoms with E-state index in [-0.39, 0.29) is 5.91 Å². The average molecular weight is 321 g/mol. The van der Waals surface area contributed by atoms with E-state index < -0.39 is 0 Å². The van der Waals surface area contributed by atoms with Crippen LogP contribution in [0.3, 0.4) is 0 Å². The molecule has 0 spiro atoms. The number of carbonyl (C=O) groups is 1. The van der Waals surface area contributed by atoms with Crippen LogP contribution >= 0.6 is 0 Å². The molecule has 1 aromatic heterocycles. The predicted molar refractivity (Wildman–Crippen MR) is 90.2 cm³/mol. The molecule has 128 valence electrons. The number of guanidine groups is 1. The molecule has 1 aliphatic rings. The molecule has 0 atom stereocenters. The van der Waals surface area contributed by atoms with Crippen LogP contribution in [0.4, 0.5) is 0 Å². The van der Waals surface area contributed by atoms with E-state index in [2.05, 4.69) is 20.1 Å². The lowest BCUT2D eigenvalue weighted by Crippen LogP contribution is -2.52. The minimum Gasteiger partial charge on any atom is -0.472 e. The van der Waals surface area contributed by atoms with Crippen molar-refractivity contribution in [1.82, 2.24) is 20.0 Å². The van der Waals surface area contributed by atoms with E-state index in [1.54, 1.807) is 38.6 Å². The summed E-state index contributed by atoms with van der Waals surface area (Å²) < 4.78 is 5.07. The van der Waals surface area contributed by atoms with Gasteiger partial charge in [-0.25, -0.2) is 0 Å². The van der Waals surface area contributed by atoms with Gasteiger partial charge in [0.15, 0.2) is 5.96 Å². The summed E-state index contributed by atoms with van der Waals surface area (Å²) >= 11 is 0. The Morgan fingerprint density at radius 1 is 1.35 bits per heavy atom. The minimum absolute atomic E-state index is 0.185. The summed E-state index contributed by atoms with van der Waals surface area (Å²) in [4.78, 5) is 22.2. The number of hydrogen-bond acceptors (Lipinski definition) is 4. The van der Waals surface area contributed by atoms with Crippen molar-refractivity contribution in [2.45, 2.75) is 13.0 Å². The van der Waals surface area contributed by atoms with E-state index in [9.17, 15) is 4.79 Å². The molecule has 1 aromatic rings. The summed E-state index contributed by atoms with van der Waals surface area (Å²) in [5.41, 5.74) is 1.10. The summed E-state index contributed by atoms with van der Waals surface area (Å²) in [6, 6.07) is 1.94. The summed E-state index contributed by atoms with van der Waals surface area (Å²) in [6.07, 6.45) is 3.99. The molecule has 0 bridgehead atoms. The first-order valence-electron chi connectivity index (χ1n) is 7.99. The number of rotatable bonds is 5. The lowest BCUT2D eigenvalue weighted by molar-refractivity contribution is -0.129. The van der Waals surface area contributed by atoms with E-state index in [0.717, 1.165) is 44.2 Å². The molecule has 2 rings (SSSR count). The fourth-order valence-corrected chi connectivity index (χ4v) is 2.57. The Morgan fingerprint density at radius 3 is 2.65 bits per heavy atom. The molecule has 7 heteroatoms. The molecule has 1 aliphatic heterocycles. The summed E-state index contributed by atoms with van der Waals surface area (Å²) in [5.74, 6) is 1.10. The third kappa shape index (κ3) is 5.28. The Balaban J connectivity index is 1.73. The maximum atomic E-state index is 11.7. The fourth-order valence-electron chi connectivity index (χ4n) is 2.57. The number of hydrogen-bond donors (Lipinski definition) is 1. The number of aliphatic imine (C=N–C) groups is 1. The molecule has 0 aromatic carbocycles. The van der Waals surface area contributed by atoms with Crippen molar-refractivity contribution in [3.8, 4) is 0 Å². The second-order valence-corrected chi connectivity index (χ2v) is 5.90. The monoisotopic (exact) mass is 321 g/mol. The second-order valence-electron chi connectivity index (χ2n) is 5.90. The third-order valence-corrected chi connectivity index (χ3v) is 4.06. The van der Waals surface area contributed by atoms with Crippen LogP contribution in [0.25, 0.3) is 0 Å². The molecule has 0 unspecified atom stereocenters. The van der Waals surface area contributed by atoms with E-state index in [4.69, 9.17) is 4.42 Å². The van der Waals surface area contributed by atoms with Gasteiger partial charge < -0.3 is 19.5 Å². The van der Waals surface area contributed by atoms with Gasteiger partial charge in [-0.05, 0) is 6.07 Å². The first-order chi connectivity index (χ1) is 11.1. The lowest BCUT2D eigenvalue weighted by atomic mass is 10.3. The highest BCUT2D eigenvalue weighted by Gasteiger charge is 2.20. The Morgan fingerprint density at radius 2 is 2.09 bits per heavy atom. The number of amides is 1. The molecule has 1 saturated heterocycles. The number of furan rings is 1. The summed E-state index contributed by atoms with van der Waals surface area (Å²) in [7, 11) is 5.41. The van der Waals surface area contributed by atoms with Crippen LogP contribution in [0.1, 0.15) is 12.0 Å². The number of nitrogens with one attached hydrogen (secondary N) is 1. The molecule has 7 nitrogen and oxygen atoms in total. The Bertz CT molecular complexity index is 505. The average Bonchev–Trinajstić information content (AvgIpc) is 3.07. The zero-order valence-corrected chi connectivity index (χ0v) is 14.3. The minimum atomic E-state index is 0.185. The van der Waals surface area contributed by atoms with Gasteiger partial charge in [-0.1, -0.05) is 0 Å². The highest BCUT2D eigenvalue weighted by molar-refractivity contribution is 5.80. The van der Waals surface area contributed by atoms with Gasteiger partial charge >= 0.3 is 0 Å². The molecule has 1 N–H and O–H groups in total. The van der Waals surface area contributed by atoms with Crippen LogP contribution in [-0.4, -0.2) is 80.4 Å². The molecular weight excluding hydrogens is 294 g/mol. The number of piperazine rings is 1. The molecule has 0 radical (unpaired) electrons. The third-order valence-electron chi connectivity index (χ3n) is 4.06. The van der Waals surface area contributed by atoms with Crippen LogP contribution in [0.2, 0.25) is 0 Å². The SMILES string of the molecule is CN=C(NCc1ccoc1)N1CCN(CCC(=O)N(C)C)CC1. The van der Waals surface area contributed by atoms with Crippen LogP contribution < -0.4 is 5.32 Å². The van der Waals surface area contributed by atoms with Crippen LogP contribution in [0.5, 0.6) is 0 Å². The fraction of sp³-hybridized carbons (Fsp3) is 0.625. The summed E-state index contributed by atoms with van der Waals surface area (Å²) in [6.45, 7) is 5.27. The largest absolute Gasteiger partial charge is 0.472 e. The maximum Gasteiger partial charge on any atom is 0.223 e. The highest BCUT2D eigenvalue weighted by atomic mass is 16.3. The van der Waals surface area contributed by atoms with E-state index in [0.29, 0.717) is 13.0 Å². The molecule has 2 heterocycles. The quantitative estimate of drug-likeness (QED) is 0.630. The Labute approximate surface area is 137 Å². The molecular formula is C16H27N5O2. The van der Waals surface area contributed by atoms with Gasteiger partial charge in [0.05, 0.1) is 12.5 Å². The smallest absolute Gasteiger partial charge is 0.223 e.